The van der Waals surface area contributed by atoms with E-state index in [4.69, 9.17) is 16.7 Å². The van der Waals surface area contributed by atoms with Gasteiger partial charge in [-0.25, -0.2) is 17.6 Å². The van der Waals surface area contributed by atoms with Crippen LogP contribution in [0.15, 0.2) is 46.2 Å². The van der Waals surface area contributed by atoms with Crippen LogP contribution in [0.1, 0.15) is 10.4 Å². The van der Waals surface area contributed by atoms with E-state index in [0.29, 0.717) is 4.90 Å². The largest absolute Gasteiger partial charge is 0.478 e. The highest BCUT2D eigenvalue weighted by molar-refractivity contribution is 7.99. The minimum Gasteiger partial charge on any atom is -0.478 e. The molecule has 0 unspecified atom stereocenters. The number of benzene rings is 2. The number of anilines is 1. The molecule has 0 aliphatic carbocycles. The van der Waals surface area contributed by atoms with Gasteiger partial charge in [-0.3, -0.25) is 4.72 Å². The smallest absolute Gasteiger partial charge is 0.335 e. The second-order valence-electron chi connectivity index (χ2n) is 4.40. The minimum absolute atomic E-state index is 0.0390. The Morgan fingerprint density at radius 2 is 1.96 bits per heavy atom. The van der Waals surface area contributed by atoms with Gasteiger partial charge in [-0.15, -0.1) is 11.8 Å². The molecule has 0 aromatic heterocycles. The zero-order chi connectivity index (χ0) is 17.2. The predicted octanol–water partition coefficient (Wildman–Crippen LogP) is 3.70. The molecule has 23 heavy (non-hydrogen) atoms. The summed E-state index contributed by atoms with van der Waals surface area (Å²) in [4.78, 5) is 11.1. The lowest BCUT2D eigenvalue weighted by Crippen LogP contribution is -2.14. The summed E-state index contributed by atoms with van der Waals surface area (Å²) in [6, 6.07) is 6.94. The van der Waals surface area contributed by atoms with Gasteiger partial charge in [-0.2, -0.15) is 0 Å². The van der Waals surface area contributed by atoms with Crippen LogP contribution in [0.2, 0.25) is 5.02 Å². The summed E-state index contributed by atoms with van der Waals surface area (Å²) in [5.41, 5.74) is 0.250. The highest BCUT2D eigenvalue weighted by atomic mass is 35.5. The number of hydrogen-bond donors (Lipinski definition) is 2. The van der Waals surface area contributed by atoms with Crippen molar-refractivity contribution < 1.29 is 22.7 Å². The summed E-state index contributed by atoms with van der Waals surface area (Å²) in [5.74, 6) is -1.76. The van der Waals surface area contributed by atoms with E-state index in [1.807, 2.05) is 0 Å². The normalized spacial score (nSPS) is 11.3. The molecule has 0 amide bonds. The summed E-state index contributed by atoms with van der Waals surface area (Å²) in [6.45, 7) is 0. The number of nitrogens with one attached hydrogen (secondary N) is 1. The van der Waals surface area contributed by atoms with Gasteiger partial charge in [0.25, 0.3) is 10.0 Å². The van der Waals surface area contributed by atoms with E-state index in [9.17, 15) is 17.6 Å². The molecule has 2 aromatic carbocycles. The maximum Gasteiger partial charge on any atom is 0.335 e. The van der Waals surface area contributed by atoms with Gasteiger partial charge in [-0.05, 0) is 42.7 Å². The number of rotatable bonds is 5. The summed E-state index contributed by atoms with van der Waals surface area (Å²) in [5, 5.41) is 8.72. The quantitative estimate of drug-likeness (QED) is 0.778. The van der Waals surface area contributed by atoms with Crippen molar-refractivity contribution in [3.63, 3.8) is 0 Å². The molecule has 5 nitrogen and oxygen atoms in total. The zero-order valence-electron chi connectivity index (χ0n) is 11.7. The molecule has 0 saturated carbocycles. The Hall–Kier alpha value is -1.77. The number of carboxylic acid groups (broad SMARTS) is 1. The minimum atomic E-state index is -4.04. The monoisotopic (exact) mass is 375 g/mol. The molecular formula is C14H11ClFNO4S2. The van der Waals surface area contributed by atoms with E-state index in [1.165, 1.54) is 30.0 Å². The molecule has 0 bridgehead atoms. The Balaban J connectivity index is 2.43. The number of carboxylic acids is 1. The molecule has 0 radical (unpaired) electrons. The van der Waals surface area contributed by atoms with E-state index in [-0.39, 0.29) is 21.2 Å². The fourth-order valence-corrected chi connectivity index (χ4v) is 4.06. The van der Waals surface area contributed by atoms with Crippen LogP contribution in [0.4, 0.5) is 10.1 Å². The van der Waals surface area contributed by atoms with Gasteiger partial charge in [0.15, 0.2) is 0 Å². The van der Waals surface area contributed by atoms with E-state index < -0.39 is 21.8 Å². The van der Waals surface area contributed by atoms with Crippen LogP contribution in [0.5, 0.6) is 0 Å². The van der Waals surface area contributed by atoms with Crippen molar-refractivity contribution in [2.24, 2.45) is 0 Å². The Morgan fingerprint density at radius 3 is 2.52 bits per heavy atom. The summed E-state index contributed by atoms with van der Waals surface area (Å²) < 4.78 is 40.1. The third kappa shape index (κ3) is 3.95. The van der Waals surface area contributed by atoms with Crippen molar-refractivity contribution in [1.82, 2.24) is 0 Å². The molecule has 0 fully saturated rings. The number of halogens is 2. The molecule has 0 spiro atoms. The fraction of sp³-hybridized carbons (Fsp3) is 0.0714. The Kier molecular flexibility index (Phi) is 5.18. The van der Waals surface area contributed by atoms with Gasteiger partial charge in [0.05, 0.1) is 16.3 Å². The average molecular weight is 376 g/mol. The van der Waals surface area contributed by atoms with Gasteiger partial charge < -0.3 is 5.11 Å². The highest BCUT2D eigenvalue weighted by Crippen LogP contribution is 2.30. The number of carbonyl (C=O) groups is 1. The van der Waals surface area contributed by atoms with Crippen LogP contribution in [0.25, 0.3) is 0 Å². The topological polar surface area (TPSA) is 83.5 Å². The number of hydrogen-bond acceptors (Lipinski definition) is 4. The van der Waals surface area contributed by atoms with Crippen molar-refractivity contribution in [2.45, 2.75) is 9.79 Å². The van der Waals surface area contributed by atoms with Gasteiger partial charge in [-0.1, -0.05) is 11.6 Å². The molecule has 0 heterocycles. The van der Waals surface area contributed by atoms with Crippen LogP contribution in [0, 0.1) is 5.82 Å². The molecule has 122 valence electrons. The number of thioether (sulfide) groups is 1. The van der Waals surface area contributed by atoms with Crippen molar-refractivity contribution in [2.75, 3.05) is 11.0 Å². The van der Waals surface area contributed by atoms with Crippen molar-refractivity contribution in [1.29, 1.82) is 0 Å². The second kappa shape index (κ2) is 6.77. The molecule has 2 rings (SSSR count). The average Bonchev–Trinajstić information content (AvgIpc) is 2.46. The number of aromatic carboxylic acids is 1. The fourth-order valence-electron chi connectivity index (χ4n) is 1.80. The maximum atomic E-state index is 13.0. The first kappa shape index (κ1) is 17.6. The first-order chi connectivity index (χ1) is 10.7. The molecule has 0 saturated heterocycles. The van der Waals surface area contributed by atoms with Gasteiger partial charge >= 0.3 is 5.97 Å². The third-order valence-electron chi connectivity index (χ3n) is 2.88. The first-order valence-electron chi connectivity index (χ1n) is 6.14. The summed E-state index contributed by atoms with van der Waals surface area (Å²) in [7, 11) is -4.04. The first-order valence-corrected chi connectivity index (χ1v) is 9.22. The SMILES string of the molecule is CSc1cc(C(=O)O)ccc1NS(=O)(=O)c1ccc(F)cc1Cl. The van der Waals surface area contributed by atoms with E-state index >= 15 is 0 Å². The molecule has 0 aliphatic heterocycles. The second-order valence-corrected chi connectivity index (χ2v) is 7.31. The van der Waals surface area contributed by atoms with Crippen LogP contribution < -0.4 is 4.72 Å². The lowest BCUT2D eigenvalue weighted by Gasteiger charge is -2.13. The molecule has 9 heteroatoms. The van der Waals surface area contributed by atoms with Crippen LogP contribution in [-0.2, 0) is 10.0 Å². The molecule has 0 aliphatic rings. The molecule has 0 atom stereocenters. The Morgan fingerprint density at radius 1 is 1.26 bits per heavy atom. The lowest BCUT2D eigenvalue weighted by molar-refractivity contribution is 0.0696. The van der Waals surface area contributed by atoms with Crippen LogP contribution >= 0.6 is 23.4 Å². The maximum absolute atomic E-state index is 13.0. The molecular weight excluding hydrogens is 365 g/mol. The van der Waals surface area contributed by atoms with Crippen molar-refractivity contribution >= 4 is 45.0 Å². The van der Waals surface area contributed by atoms with Crippen molar-refractivity contribution in [3.05, 3.63) is 52.8 Å². The van der Waals surface area contributed by atoms with E-state index in [2.05, 4.69) is 4.72 Å². The Bertz CT molecular complexity index is 871. The zero-order valence-corrected chi connectivity index (χ0v) is 14.1. The van der Waals surface area contributed by atoms with Crippen LogP contribution in [0.3, 0.4) is 0 Å². The van der Waals surface area contributed by atoms with Gasteiger partial charge in [0.1, 0.15) is 10.7 Å². The summed E-state index contributed by atoms with van der Waals surface area (Å²) >= 11 is 6.96. The Labute approximate surface area is 141 Å². The standard InChI is InChI=1S/C14H11ClFNO4S2/c1-22-12-6-8(14(18)19)2-4-11(12)17-23(20,21)13-5-3-9(16)7-10(13)15/h2-7,17H,1H3,(H,18,19). The van der Waals surface area contributed by atoms with Crippen molar-refractivity contribution in [3.8, 4) is 0 Å². The summed E-state index contributed by atoms with van der Waals surface area (Å²) in [6.07, 6.45) is 1.68. The number of sulfonamides is 1. The van der Waals surface area contributed by atoms with Crippen LogP contribution in [-0.4, -0.2) is 25.7 Å². The lowest BCUT2D eigenvalue weighted by atomic mass is 10.2. The third-order valence-corrected chi connectivity index (χ3v) is 5.50. The van der Waals surface area contributed by atoms with E-state index in [0.717, 1.165) is 18.2 Å². The van der Waals surface area contributed by atoms with E-state index in [1.54, 1.807) is 6.26 Å². The molecule has 2 aromatic rings. The molecule has 2 N–H and O–H groups in total. The van der Waals surface area contributed by atoms with Gasteiger partial charge in [0, 0.05) is 4.90 Å². The predicted molar refractivity (Wildman–Crippen MR) is 87.4 cm³/mol. The highest BCUT2D eigenvalue weighted by Gasteiger charge is 2.20. The van der Waals surface area contributed by atoms with Gasteiger partial charge in [0.2, 0.25) is 0 Å².